The van der Waals surface area contributed by atoms with Gasteiger partial charge in [-0.3, -0.25) is 14.5 Å². The Hall–Kier alpha value is -4.15. The van der Waals surface area contributed by atoms with Gasteiger partial charge in [0.1, 0.15) is 17.3 Å². The van der Waals surface area contributed by atoms with Gasteiger partial charge in [-0.25, -0.2) is 13.6 Å². The Bertz CT molecular complexity index is 1450. The highest BCUT2D eigenvalue weighted by atomic mass is 32.2. The normalized spacial score (nSPS) is 17.5. The molecule has 9 nitrogen and oxygen atoms in total. The van der Waals surface area contributed by atoms with E-state index in [-0.39, 0.29) is 21.9 Å². The summed E-state index contributed by atoms with van der Waals surface area (Å²) in [5.74, 6) is -1.21. The van der Waals surface area contributed by atoms with Crippen molar-refractivity contribution in [3.05, 3.63) is 89.5 Å². The molecule has 0 aliphatic carbocycles. The van der Waals surface area contributed by atoms with Crippen molar-refractivity contribution in [2.24, 2.45) is 5.14 Å². The molecule has 1 amide bonds. The van der Waals surface area contributed by atoms with Crippen molar-refractivity contribution < 1.29 is 32.6 Å². The van der Waals surface area contributed by atoms with Crippen molar-refractivity contribution in [3.8, 4) is 11.5 Å². The van der Waals surface area contributed by atoms with E-state index in [2.05, 4.69) is 0 Å². The first-order valence-corrected chi connectivity index (χ1v) is 11.9. The number of nitrogens with zero attached hydrogens (tertiary/aromatic N) is 1. The number of benzene rings is 3. The topological polar surface area (TPSA) is 136 Å². The number of aliphatic hydroxyl groups is 1. The third kappa shape index (κ3) is 4.48. The summed E-state index contributed by atoms with van der Waals surface area (Å²) in [7, 11) is -1.00. The maximum Gasteiger partial charge on any atom is 0.300 e. The van der Waals surface area contributed by atoms with Crippen LogP contribution in [-0.2, 0) is 19.6 Å². The van der Waals surface area contributed by atoms with Crippen molar-refractivity contribution in [1.29, 1.82) is 0 Å². The molecular weight excluding hydrogens is 472 g/mol. The monoisotopic (exact) mass is 494 g/mol. The van der Waals surface area contributed by atoms with Crippen LogP contribution < -0.4 is 19.5 Å². The van der Waals surface area contributed by atoms with Crippen LogP contribution in [0.2, 0.25) is 0 Å². The van der Waals surface area contributed by atoms with E-state index in [0.717, 1.165) is 0 Å². The number of aliphatic hydroxyl groups excluding tert-OH is 1. The Morgan fingerprint density at radius 3 is 2.11 bits per heavy atom. The molecule has 1 heterocycles. The summed E-state index contributed by atoms with van der Waals surface area (Å²) in [6.45, 7) is 0. The molecule has 1 saturated heterocycles. The lowest BCUT2D eigenvalue weighted by Crippen LogP contribution is -2.29. The number of ketones is 1. The lowest BCUT2D eigenvalue weighted by atomic mass is 9.95. The quantitative estimate of drug-likeness (QED) is 0.305. The average molecular weight is 495 g/mol. The van der Waals surface area contributed by atoms with Gasteiger partial charge in [0.2, 0.25) is 10.0 Å². The Morgan fingerprint density at radius 1 is 0.914 bits per heavy atom. The standard InChI is InChI=1S/C25H22N2O7S/c1-33-18-7-3-5-15(13-18)22-21(23(28)16-6-4-8-19(14-16)34-2)24(29)25(30)27(22)17-9-11-20(12-10-17)35(26,31)32/h3-14,22,28H,1-2H3,(H2,26,31,32)/b23-21+. The van der Waals surface area contributed by atoms with Crippen LogP contribution in [0, 0.1) is 0 Å². The minimum atomic E-state index is -3.96. The summed E-state index contributed by atoms with van der Waals surface area (Å²) < 4.78 is 33.9. The van der Waals surface area contributed by atoms with Gasteiger partial charge in [0.05, 0.1) is 30.7 Å². The van der Waals surface area contributed by atoms with E-state index < -0.39 is 27.8 Å². The lowest BCUT2D eigenvalue weighted by molar-refractivity contribution is -0.132. The van der Waals surface area contributed by atoms with Gasteiger partial charge < -0.3 is 14.6 Å². The number of Topliss-reactive ketones (excluding diaryl/α,β-unsaturated/α-hetero) is 1. The molecule has 180 valence electrons. The van der Waals surface area contributed by atoms with Crippen LogP contribution in [0.25, 0.3) is 5.76 Å². The number of ether oxygens (including phenoxy) is 2. The SMILES string of the molecule is COc1cccc(/C(O)=C2\C(=O)C(=O)N(c3ccc(S(N)(=O)=O)cc3)C2c2cccc(OC)c2)c1. The van der Waals surface area contributed by atoms with Crippen LogP contribution in [0.1, 0.15) is 17.2 Å². The van der Waals surface area contributed by atoms with Crippen LogP contribution in [-0.4, -0.2) is 39.4 Å². The van der Waals surface area contributed by atoms with Crippen LogP contribution in [0.3, 0.4) is 0 Å². The number of primary sulfonamides is 1. The van der Waals surface area contributed by atoms with Crippen LogP contribution in [0.4, 0.5) is 5.69 Å². The van der Waals surface area contributed by atoms with Gasteiger partial charge in [0.25, 0.3) is 11.7 Å². The predicted octanol–water partition coefficient (Wildman–Crippen LogP) is 2.98. The Morgan fingerprint density at radius 2 is 1.51 bits per heavy atom. The first-order valence-electron chi connectivity index (χ1n) is 10.4. The van der Waals surface area contributed by atoms with Crippen LogP contribution >= 0.6 is 0 Å². The maximum absolute atomic E-state index is 13.2. The van der Waals surface area contributed by atoms with Gasteiger partial charge in [-0.05, 0) is 54.1 Å². The van der Waals surface area contributed by atoms with Crippen LogP contribution in [0.15, 0.2) is 83.3 Å². The molecule has 0 bridgehead atoms. The van der Waals surface area contributed by atoms with E-state index in [9.17, 15) is 23.1 Å². The Balaban J connectivity index is 1.94. The molecular formula is C25H22N2O7S. The largest absolute Gasteiger partial charge is 0.507 e. The number of sulfonamides is 1. The number of carbonyl (C=O) groups excluding carboxylic acids is 2. The summed E-state index contributed by atoms with van der Waals surface area (Å²) in [4.78, 5) is 27.5. The molecule has 35 heavy (non-hydrogen) atoms. The Kier molecular flexibility index (Phi) is 6.33. The molecule has 10 heteroatoms. The number of hydrogen-bond donors (Lipinski definition) is 2. The molecule has 0 spiro atoms. The van der Waals surface area contributed by atoms with Gasteiger partial charge >= 0.3 is 0 Å². The smallest absolute Gasteiger partial charge is 0.300 e. The Labute approximate surface area is 202 Å². The number of methoxy groups -OCH3 is 2. The molecule has 1 aliphatic heterocycles. The van der Waals surface area contributed by atoms with Gasteiger partial charge in [0, 0.05) is 11.3 Å². The summed E-state index contributed by atoms with van der Waals surface area (Å²) in [6.07, 6.45) is 0. The lowest BCUT2D eigenvalue weighted by Gasteiger charge is -2.26. The zero-order chi connectivity index (χ0) is 25.3. The fourth-order valence-electron chi connectivity index (χ4n) is 3.95. The second-order valence-corrected chi connectivity index (χ2v) is 9.28. The highest BCUT2D eigenvalue weighted by Crippen LogP contribution is 2.43. The molecule has 0 saturated carbocycles. The molecule has 0 aromatic heterocycles. The van der Waals surface area contributed by atoms with Crippen LogP contribution in [0.5, 0.6) is 11.5 Å². The van der Waals surface area contributed by atoms with E-state index in [1.807, 2.05) is 0 Å². The number of anilines is 1. The van der Waals surface area contributed by atoms with Gasteiger partial charge in [-0.2, -0.15) is 0 Å². The van der Waals surface area contributed by atoms with Gasteiger partial charge in [-0.1, -0.05) is 24.3 Å². The number of amides is 1. The number of hydrogen-bond acceptors (Lipinski definition) is 7. The summed E-state index contributed by atoms with van der Waals surface area (Å²) in [5.41, 5.74) is 0.910. The van der Waals surface area contributed by atoms with Crippen molar-refractivity contribution in [1.82, 2.24) is 0 Å². The summed E-state index contributed by atoms with van der Waals surface area (Å²) in [6, 6.07) is 17.5. The number of rotatable bonds is 6. The molecule has 1 unspecified atom stereocenters. The average Bonchev–Trinajstić information content (AvgIpc) is 3.13. The van der Waals surface area contributed by atoms with E-state index in [1.165, 1.54) is 43.4 Å². The first-order chi connectivity index (χ1) is 16.7. The second kappa shape index (κ2) is 9.24. The van der Waals surface area contributed by atoms with Crippen molar-refractivity contribution in [2.75, 3.05) is 19.1 Å². The number of nitrogens with two attached hydrogens (primary N) is 1. The second-order valence-electron chi connectivity index (χ2n) is 7.72. The maximum atomic E-state index is 13.2. The number of carbonyl (C=O) groups is 2. The molecule has 1 fully saturated rings. The molecule has 3 aromatic rings. The fraction of sp³-hybridized carbons (Fsp3) is 0.120. The molecule has 0 radical (unpaired) electrons. The van der Waals surface area contributed by atoms with E-state index in [4.69, 9.17) is 14.6 Å². The van der Waals surface area contributed by atoms with Gasteiger partial charge in [-0.15, -0.1) is 0 Å². The highest BCUT2D eigenvalue weighted by molar-refractivity contribution is 7.89. The predicted molar refractivity (Wildman–Crippen MR) is 129 cm³/mol. The highest BCUT2D eigenvalue weighted by Gasteiger charge is 2.47. The van der Waals surface area contributed by atoms with Crippen molar-refractivity contribution >= 4 is 33.2 Å². The van der Waals surface area contributed by atoms with Crippen molar-refractivity contribution in [3.63, 3.8) is 0 Å². The third-order valence-corrected chi connectivity index (χ3v) is 6.57. The zero-order valence-electron chi connectivity index (χ0n) is 18.8. The van der Waals surface area contributed by atoms with E-state index in [0.29, 0.717) is 22.6 Å². The van der Waals surface area contributed by atoms with Crippen molar-refractivity contribution in [2.45, 2.75) is 10.9 Å². The molecule has 1 aliphatic rings. The molecule has 3 N–H and O–H groups in total. The third-order valence-electron chi connectivity index (χ3n) is 5.64. The zero-order valence-corrected chi connectivity index (χ0v) is 19.7. The minimum absolute atomic E-state index is 0.132. The minimum Gasteiger partial charge on any atom is -0.507 e. The summed E-state index contributed by atoms with van der Waals surface area (Å²) >= 11 is 0. The van der Waals surface area contributed by atoms with Gasteiger partial charge in [0.15, 0.2) is 0 Å². The molecule has 4 rings (SSSR count). The van der Waals surface area contributed by atoms with E-state index in [1.54, 1.807) is 48.5 Å². The summed E-state index contributed by atoms with van der Waals surface area (Å²) in [5, 5.41) is 16.4. The fourth-order valence-corrected chi connectivity index (χ4v) is 4.46. The molecule has 3 aromatic carbocycles. The van der Waals surface area contributed by atoms with E-state index >= 15 is 0 Å². The first kappa shape index (κ1) is 24.0. The molecule has 1 atom stereocenters.